The van der Waals surface area contributed by atoms with E-state index in [4.69, 9.17) is 0 Å². The van der Waals surface area contributed by atoms with Crippen LogP contribution in [0.4, 0.5) is 15.8 Å². The lowest BCUT2D eigenvalue weighted by molar-refractivity contribution is -0.385. The van der Waals surface area contributed by atoms with Crippen LogP contribution in [0.15, 0.2) is 24.4 Å². The Bertz CT molecular complexity index is 630. The predicted octanol–water partition coefficient (Wildman–Crippen LogP) is 3.93. The zero-order chi connectivity index (χ0) is 14.7. The van der Waals surface area contributed by atoms with Gasteiger partial charge in [-0.1, -0.05) is 6.92 Å². The number of nitro benzene ring substituents is 1. The minimum atomic E-state index is -0.640. The van der Waals surface area contributed by atoms with E-state index >= 15 is 0 Å². The number of aryl methyl sites for hydroxylation is 1. The molecule has 20 heavy (non-hydrogen) atoms. The first-order valence-electron chi connectivity index (χ1n) is 6.16. The lowest BCUT2D eigenvalue weighted by Gasteiger charge is -2.13. The van der Waals surface area contributed by atoms with Gasteiger partial charge >= 0.3 is 0 Å². The Morgan fingerprint density at radius 2 is 2.30 bits per heavy atom. The van der Waals surface area contributed by atoms with E-state index in [1.807, 2.05) is 20.0 Å². The molecule has 5 nitrogen and oxygen atoms in total. The molecule has 1 heterocycles. The van der Waals surface area contributed by atoms with E-state index in [-0.39, 0.29) is 17.4 Å². The van der Waals surface area contributed by atoms with Crippen molar-refractivity contribution in [2.45, 2.75) is 26.3 Å². The lowest BCUT2D eigenvalue weighted by atomic mass is 10.2. The number of hydrogen-bond acceptors (Lipinski definition) is 5. The smallest absolute Gasteiger partial charge is 0.272 e. The monoisotopic (exact) mass is 295 g/mol. The fraction of sp³-hybridized carbons (Fsp3) is 0.308. The van der Waals surface area contributed by atoms with Gasteiger partial charge < -0.3 is 5.32 Å². The Hall–Kier alpha value is -2.02. The molecule has 106 valence electrons. The molecule has 0 fully saturated rings. The summed E-state index contributed by atoms with van der Waals surface area (Å²) in [6, 6.07) is 3.40. The molecule has 7 heteroatoms. The molecule has 0 amide bonds. The van der Waals surface area contributed by atoms with E-state index < -0.39 is 10.7 Å². The molecule has 0 saturated heterocycles. The summed E-state index contributed by atoms with van der Waals surface area (Å²) in [7, 11) is 0. The van der Waals surface area contributed by atoms with Gasteiger partial charge in [0.25, 0.3) is 5.69 Å². The Morgan fingerprint density at radius 3 is 2.85 bits per heavy atom. The van der Waals surface area contributed by atoms with E-state index in [9.17, 15) is 14.5 Å². The molecule has 0 spiro atoms. The van der Waals surface area contributed by atoms with Crippen molar-refractivity contribution in [2.24, 2.45) is 0 Å². The van der Waals surface area contributed by atoms with Crippen molar-refractivity contribution in [3.8, 4) is 0 Å². The van der Waals surface area contributed by atoms with Crippen molar-refractivity contribution in [1.82, 2.24) is 4.98 Å². The maximum atomic E-state index is 13.8. The summed E-state index contributed by atoms with van der Waals surface area (Å²) < 4.78 is 13.8. The summed E-state index contributed by atoms with van der Waals surface area (Å²) in [5, 5.41) is 14.4. The van der Waals surface area contributed by atoms with Gasteiger partial charge in [-0.3, -0.25) is 10.1 Å². The van der Waals surface area contributed by atoms with Crippen LogP contribution in [0.5, 0.6) is 0 Å². The van der Waals surface area contributed by atoms with E-state index in [1.54, 1.807) is 11.3 Å². The first kappa shape index (κ1) is 14.4. The van der Waals surface area contributed by atoms with Crippen molar-refractivity contribution < 1.29 is 9.31 Å². The van der Waals surface area contributed by atoms with Crippen LogP contribution in [0.2, 0.25) is 0 Å². The number of non-ortho nitro benzene ring substituents is 1. The van der Waals surface area contributed by atoms with Crippen molar-refractivity contribution in [1.29, 1.82) is 0 Å². The number of hydrogen-bond donors (Lipinski definition) is 1. The van der Waals surface area contributed by atoms with Crippen LogP contribution in [0.3, 0.4) is 0 Å². The maximum absolute atomic E-state index is 13.8. The summed E-state index contributed by atoms with van der Waals surface area (Å²) in [4.78, 5) is 15.4. The molecular weight excluding hydrogens is 281 g/mol. The molecule has 0 aliphatic rings. The van der Waals surface area contributed by atoms with Crippen LogP contribution in [0.25, 0.3) is 0 Å². The number of nitrogens with zero attached hydrogens (tertiary/aromatic N) is 2. The Morgan fingerprint density at radius 1 is 1.55 bits per heavy atom. The summed E-state index contributed by atoms with van der Waals surface area (Å²) in [6.07, 6.45) is 2.72. The Kier molecular flexibility index (Phi) is 4.29. The topological polar surface area (TPSA) is 68.1 Å². The first-order valence-corrected chi connectivity index (χ1v) is 6.98. The van der Waals surface area contributed by atoms with Crippen LogP contribution >= 0.6 is 11.3 Å². The molecule has 2 rings (SSSR count). The van der Waals surface area contributed by atoms with Gasteiger partial charge in [-0.15, -0.1) is 11.3 Å². The second kappa shape index (κ2) is 5.96. The zero-order valence-electron chi connectivity index (χ0n) is 11.1. The average molecular weight is 295 g/mol. The lowest BCUT2D eigenvalue weighted by Crippen LogP contribution is -2.07. The van der Waals surface area contributed by atoms with E-state index in [0.29, 0.717) is 0 Å². The number of halogens is 1. The molecule has 0 aliphatic heterocycles. The van der Waals surface area contributed by atoms with Gasteiger partial charge in [0.05, 0.1) is 22.7 Å². The van der Waals surface area contributed by atoms with Crippen LogP contribution in [-0.2, 0) is 6.42 Å². The summed E-state index contributed by atoms with van der Waals surface area (Å²) in [5.41, 5.74) is -0.0282. The van der Waals surface area contributed by atoms with Gasteiger partial charge in [0.2, 0.25) is 0 Å². The van der Waals surface area contributed by atoms with Crippen LogP contribution in [0.1, 0.15) is 29.8 Å². The normalized spacial score (nSPS) is 12.2. The van der Waals surface area contributed by atoms with Gasteiger partial charge in [-0.05, 0) is 19.4 Å². The van der Waals surface area contributed by atoms with Crippen LogP contribution in [0, 0.1) is 15.9 Å². The highest BCUT2D eigenvalue weighted by molar-refractivity contribution is 7.11. The Labute approximate surface area is 119 Å². The second-order valence-electron chi connectivity index (χ2n) is 4.31. The molecular formula is C13H14FN3O2S. The second-order valence-corrected chi connectivity index (χ2v) is 5.45. The number of benzene rings is 1. The Balaban J connectivity index is 2.15. The largest absolute Gasteiger partial charge is 0.374 e. The molecule has 1 atom stereocenters. The van der Waals surface area contributed by atoms with Gasteiger partial charge in [0, 0.05) is 17.1 Å². The van der Waals surface area contributed by atoms with E-state index in [2.05, 4.69) is 10.3 Å². The van der Waals surface area contributed by atoms with Crippen molar-refractivity contribution >= 4 is 22.7 Å². The zero-order valence-corrected chi connectivity index (χ0v) is 11.9. The van der Waals surface area contributed by atoms with Crippen molar-refractivity contribution in [2.75, 3.05) is 5.32 Å². The number of aromatic nitrogens is 1. The third-order valence-electron chi connectivity index (χ3n) is 2.83. The predicted molar refractivity (Wildman–Crippen MR) is 76.6 cm³/mol. The average Bonchev–Trinajstić information content (AvgIpc) is 2.89. The first-order chi connectivity index (χ1) is 9.51. The molecule has 0 bridgehead atoms. The highest BCUT2D eigenvalue weighted by Gasteiger charge is 2.15. The fourth-order valence-corrected chi connectivity index (χ4v) is 2.58. The van der Waals surface area contributed by atoms with Crippen molar-refractivity contribution in [3.63, 3.8) is 0 Å². The highest BCUT2D eigenvalue weighted by atomic mass is 32.1. The van der Waals surface area contributed by atoms with Crippen molar-refractivity contribution in [3.05, 3.63) is 50.2 Å². The summed E-state index contributed by atoms with van der Waals surface area (Å²) >= 11 is 1.57. The molecule has 0 radical (unpaired) electrons. The van der Waals surface area contributed by atoms with Crippen LogP contribution in [-0.4, -0.2) is 9.91 Å². The highest BCUT2D eigenvalue weighted by Crippen LogP contribution is 2.27. The third-order valence-corrected chi connectivity index (χ3v) is 4.15. The summed E-state index contributed by atoms with van der Waals surface area (Å²) in [5.74, 6) is -0.640. The molecule has 1 aromatic heterocycles. The van der Waals surface area contributed by atoms with E-state index in [0.717, 1.165) is 22.4 Å². The third kappa shape index (κ3) is 3.11. The fourth-order valence-electron chi connectivity index (χ4n) is 1.72. The minimum Gasteiger partial charge on any atom is -0.374 e. The minimum absolute atomic E-state index is 0.156. The number of anilines is 1. The number of rotatable bonds is 5. The van der Waals surface area contributed by atoms with Gasteiger partial charge in [-0.25, -0.2) is 9.37 Å². The van der Waals surface area contributed by atoms with Crippen LogP contribution < -0.4 is 5.32 Å². The van der Waals surface area contributed by atoms with E-state index in [1.165, 1.54) is 12.1 Å². The van der Waals surface area contributed by atoms with Gasteiger partial charge in [-0.2, -0.15) is 0 Å². The number of nitro groups is 1. The SMILES string of the molecule is CCc1cnc(C(C)Nc2ccc([N+](=O)[O-])cc2F)s1. The van der Waals surface area contributed by atoms with Gasteiger partial charge in [0.15, 0.2) is 5.82 Å². The molecule has 1 aromatic carbocycles. The molecule has 2 aromatic rings. The quantitative estimate of drug-likeness (QED) is 0.670. The number of thiazole rings is 1. The molecule has 1 N–H and O–H groups in total. The standard InChI is InChI=1S/C13H14FN3O2S/c1-3-10-7-15-13(20-10)8(2)16-12-5-4-9(17(18)19)6-11(12)14/h4-8,16H,3H2,1-2H3. The number of nitrogens with one attached hydrogen (secondary N) is 1. The maximum Gasteiger partial charge on any atom is 0.272 e. The molecule has 0 saturated carbocycles. The van der Waals surface area contributed by atoms with Gasteiger partial charge in [0.1, 0.15) is 5.01 Å². The summed E-state index contributed by atoms with van der Waals surface area (Å²) in [6.45, 7) is 3.92. The molecule has 1 unspecified atom stereocenters. The molecule has 0 aliphatic carbocycles.